The molecule has 148 valence electrons. The normalized spacial score (nSPS) is 18.4. The summed E-state index contributed by atoms with van der Waals surface area (Å²) in [6.07, 6.45) is 1.94. The number of thioether (sulfide) groups is 1. The van der Waals surface area contributed by atoms with Gasteiger partial charge in [-0.3, -0.25) is 14.3 Å². The molecule has 1 amide bonds. The number of rotatable bonds is 10. The first-order chi connectivity index (χ1) is 12.5. The van der Waals surface area contributed by atoms with Crippen molar-refractivity contribution in [2.45, 2.75) is 51.4 Å². The van der Waals surface area contributed by atoms with Gasteiger partial charge in [-0.05, 0) is 12.3 Å². The lowest BCUT2D eigenvalue weighted by molar-refractivity contribution is -0.119. The third kappa shape index (κ3) is 6.77. The maximum atomic E-state index is 12.1. The summed E-state index contributed by atoms with van der Waals surface area (Å²) in [6, 6.07) is 0. The molecule has 9 heteroatoms. The molecule has 1 aliphatic heterocycles. The zero-order chi connectivity index (χ0) is 18.9. The Morgan fingerprint density at radius 1 is 1.50 bits per heavy atom. The van der Waals surface area contributed by atoms with E-state index >= 15 is 0 Å². The second kappa shape index (κ2) is 10.7. The van der Waals surface area contributed by atoms with E-state index in [1.807, 2.05) is 0 Å². The monoisotopic (exact) mass is 385 g/mol. The maximum Gasteiger partial charge on any atom is 0.343 e. The molecule has 0 aliphatic carbocycles. The van der Waals surface area contributed by atoms with Crippen molar-refractivity contribution in [1.29, 1.82) is 0 Å². The summed E-state index contributed by atoms with van der Waals surface area (Å²) in [5.41, 5.74) is -0.220. The van der Waals surface area contributed by atoms with Crippen LogP contribution in [0.4, 0.5) is 0 Å². The van der Waals surface area contributed by atoms with Gasteiger partial charge in [-0.15, -0.1) is 5.10 Å². The van der Waals surface area contributed by atoms with Crippen LogP contribution in [-0.2, 0) is 16.1 Å². The lowest BCUT2D eigenvalue weighted by Crippen LogP contribution is -2.48. The molecule has 0 spiro atoms. The third-order valence-corrected chi connectivity index (χ3v) is 5.14. The van der Waals surface area contributed by atoms with E-state index in [9.17, 15) is 9.59 Å². The summed E-state index contributed by atoms with van der Waals surface area (Å²) in [5, 5.41) is 9.95. The van der Waals surface area contributed by atoms with Crippen molar-refractivity contribution in [2.24, 2.45) is 5.92 Å². The van der Waals surface area contributed by atoms with Crippen molar-refractivity contribution < 1.29 is 9.53 Å². The van der Waals surface area contributed by atoms with E-state index in [-0.39, 0.29) is 23.5 Å². The SMILES string of the molecule is CCCCn1c(SCC(=O)NCC2CN(CC(C)C)CCO2)n[nH]c1=O. The first-order valence-electron chi connectivity index (χ1n) is 9.38. The van der Waals surface area contributed by atoms with Crippen LogP contribution in [-0.4, -0.2) is 70.2 Å². The fourth-order valence-corrected chi connectivity index (χ4v) is 3.72. The number of hydrogen-bond acceptors (Lipinski definition) is 6. The second-order valence-electron chi connectivity index (χ2n) is 7.06. The summed E-state index contributed by atoms with van der Waals surface area (Å²) < 4.78 is 7.34. The summed E-state index contributed by atoms with van der Waals surface area (Å²) in [5.74, 6) is 0.787. The minimum atomic E-state index is -0.220. The third-order valence-electron chi connectivity index (χ3n) is 4.16. The number of unbranched alkanes of at least 4 members (excludes halogenated alkanes) is 1. The van der Waals surface area contributed by atoms with Gasteiger partial charge in [-0.2, -0.15) is 0 Å². The smallest absolute Gasteiger partial charge is 0.343 e. The number of aromatic amines is 1. The van der Waals surface area contributed by atoms with Crippen LogP contribution >= 0.6 is 11.8 Å². The van der Waals surface area contributed by atoms with Crippen molar-refractivity contribution in [2.75, 3.05) is 38.5 Å². The van der Waals surface area contributed by atoms with E-state index in [1.54, 1.807) is 4.57 Å². The van der Waals surface area contributed by atoms with Crippen LogP contribution < -0.4 is 11.0 Å². The highest BCUT2D eigenvalue weighted by atomic mass is 32.2. The van der Waals surface area contributed by atoms with E-state index in [1.165, 1.54) is 11.8 Å². The number of nitrogens with one attached hydrogen (secondary N) is 2. The molecule has 8 nitrogen and oxygen atoms in total. The number of morpholine rings is 1. The van der Waals surface area contributed by atoms with Gasteiger partial charge in [-0.25, -0.2) is 9.89 Å². The van der Waals surface area contributed by atoms with Crippen LogP contribution in [0.15, 0.2) is 9.95 Å². The van der Waals surface area contributed by atoms with E-state index in [0.717, 1.165) is 32.5 Å². The van der Waals surface area contributed by atoms with Gasteiger partial charge in [0.1, 0.15) is 0 Å². The fraction of sp³-hybridized carbons (Fsp3) is 0.824. The molecule has 1 fully saturated rings. The van der Waals surface area contributed by atoms with Gasteiger partial charge in [0.25, 0.3) is 0 Å². The summed E-state index contributed by atoms with van der Waals surface area (Å²) in [4.78, 5) is 26.2. The largest absolute Gasteiger partial charge is 0.374 e. The molecule has 1 aromatic heterocycles. The molecule has 1 saturated heterocycles. The Morgan fingerprint density at radius 2 is 2.31 bits per heavy atom. The van der Waals surface area contributed by atoms with Crippen molar-refractivity contribution >= 4 is 17.7 Å². The number of amides is 1. The van der Waals surface area contributed by atoms with E-state index in [2.05, 4.69) is 41.2 Å². The molecule has 2 N–H and O–H groups in total. The van der Waals surface area contributed by atoms with Gasteiger partial charge in [-0.1, -0.05) is 39.0 Å². The van der Waals surface area contributed by atoms with Crippen molar-refractivity contribution in [3.63, 3.8) is 0 Å². The van der Waals surface area contributed by atoms with E-state index < -0.39 is 0 Å². The maximum absolute atomic E-state index is 12.1. The Kier molecular flexibility index (Phi) is 8.67. The van der Waals surface area contributed by atoms with Crippen LogP contribution in [0.1, 0.15) is 33.6 Å². The van der Waals surface area contributed by atoms with Crippen LogP contribution in [0.3, 0.4) is 0 Å². The molecule has 0 saturated carbocycles. The first-order valence-corrected chi connectivity index (χ1v) is 10.4. The molecule has 2 rings (SSSR count). The Hall–Kier alpha value is -1.32. The number of aromatic nitrogens is 3. The van der Waals surface area contributed by atoms with Gasteiger partial charge in [0, 0.05) is 32.7 Å². The number of nitrogens with zero attached hydrogens (tertiary/aromatic N) is 3. The zero-order valence-corrected chi connectivity index (χ0v) is 16.8. The Morgan fingerprint density at radius 3 is 3.04 bits per heavy atom. The average Bonchev–Trinajstić information content (AvgIpc) is 2.96. The van der Waals surface area contributed by atoms with E-state index in [4.69, 9.17) is 4.74 Å². The Labute approximate surface area is 159 Å². The highest BCUT2D eigenvalue weighted by molar-refractivity contribution is 7.99. The Bertz CT molecular complexity index is 616. The zero-order valence-electron chi connectivity index (χ0n) is 16.0. The number of carbonyl (C=O) groups excluding carboxylic acids is 1. The lowest BCUT2D eigenvalue weighted by Gasteiger charge is -2.33. The molecule has 0 bridgehead atoms. The molecule has 26 heavy (non-hydrogen) atoms. The molecule has 2 heterocycles. The van der Waals surface area contributed by atoms with E-state index in [0.29, 0.717) is 30.8 Å². The molecule has 1 unspecified atom stereocenters. The van der Waals surface area contributed by atoms with Crippen LogP contribution in [0, 0.1) is 5.92 Å². The average molecular weight is 386 g/mol. The molecule has 0 radical (unpaired) electrons. The predicted molar refractivity (Wildman–Crippen MR) is 103 cm³/mol. The topological polar surface area (TPSA) is 92.2 Å². The van der Waals surface area contributed by atoms with Crippen LogP contribution in [0.25, 0.3) is 0 Å². The second-order valence-corrected chi connectivity index (χ2v) is 8.00. The quantitative estimate of drug-likeness (QED) is 0.582. The molecular formula is C17H31N5O3S. The number of ether oxygens (including phenoxy) is 1. The highest BCUT2D eigenvalue weighted by Crippen LogP contribution is 2.13. The molecular weight excluding hydrogens is 354 g/mol. The molecule has 1 aromatic rings. The predicted octanol–water partition coefficient (Wildman–Crippen LogP) is 0.937. The summed E-state index contributed by atoms with van der Waals surface area (Å²) in [7, 11) is 0. The standard InChI is InChI=1S/C17H31N5O3S/c1-4-5-6-22-16(24)19-20-17(22)26-12-15(23)18-9-14-11-21(7-8-25-14)10-13(2)3/h13-14H,4-12H2,1-3H3,(H,18,23)(H,19,24). The van der Waals surface area contributed by atoms with Crippen molar-refractivity contribution in [1.82, 2.24) is 25.0 Å². The Balaban J connectivity index is 1.73. The molecule has 1 aliphatic rings. The first kappa shape index (κ1) is 21.0. The van der Waals surface area contributed by atoms with Gasteiger partial charge in [0.05, 0.1) is 18.5 Å². The lowest BCUT2D eigenvalue weighted by atomic mass is 10.2. The minimum absolute atomic E-state index is 0.0320. The van der Waals surface area contributed by atoms with Crippen molar-refractivity contribution in [3.05, 3.63) is 10.5 Å². The minimum Gasteiger partial charge on any atom is -0.374 e. The summed E-state index contributed by atoms with van der Waals surface area (Å²) in [6.45, 7) is 11.2. The van der Waals surface area contributed by atoms with Gasteiger partial charge in [0.15, 0.2) is 5.16 Å². The number of carbonyl (C=O) groups is 1. The molecule has 1 atom stereocenters. The molecule has 0 aromatic carbocycles. The van der Waals surface area contributed by atoms with Crippen LogP contribution in [0.5, 0.6) is 0 Å². The van der Waals surface area contributed by atoms with Gasteiger partial charge >= 0.3 is 5.69 Å². The van der Waals surface area contributed by atoms with Crippen molar-refractivity contribution in [3.8, 4) is 0 Å². The van der Waals surface area contributed by atoms with Gasteiger partial charge in [0.2, 0.25) is 5.91 Å². The van der Waals surface area contributed by atoms with Gasteiger partial charge < -0.3 is 10.1 Å². The number of H-pyrrole nitrogens is 1. The van der Waals surface area contributed by atoms with Crippen LogP contribution in [0.2, 0.25) is 0 Å². The summed E-state index contributed by atoms with van der Waals surface area (Å²) >= 11 is 1.28. The fourth-order valence-electron chi connectivity index (χ4n) is 2.92. The number of hydrogen-bond donors (Lipinski definition) is 2. The highest BCUT2D eigenvalue weighted by Gasteiger charge is 2.21.